The van der Waals surface area contributed by atoms with Crippen molar-refractivity contribution >= 4 is 17.5 Å². The molecule has 21 heavy (non-hydrogen) atoms. The molecule has 0 atom stereocenters. The predicted molar refractivity (Wildman–Crippen MR) is 69.3 cm³/mol. The van der Waals surface area contributed by atoms with Crippen LogP contribution in [-0.2, 0) is 6.18 Å². The quantitative estimate of drug-likeness (QED) is 0.593. The molecule has 0 amide bonds. The molecule has 0 aliphatic rings. The maximum Gasteiger partial charge on any atom is 0.417 e. The lowest BCUT2D eigenvalue weighted by Gasteiger charge is -2.12. The van der Waals surface area contributed by atoms with Crippen LogP contribution in [0.5, 0.6) is 0 Å². The molecule has 1 aromatic heterocycles. The molecule has 0 fully saturated rings. The number of benzene rings is 1. The summed E-state index contributed by atoms with van der Waals surface area (Å²) in [6.45, 7) is 0. The van der Waals surface area contributed by atoms with Gasteiger partial charge in [-0.3, -0.25) is 5.43 Å². The Bertz CT molecular complexity index is 692. The zero-order valence-electron chi connectivity index (χ0n) is 10.4. The van der Waals surface area contributed by atoms with E-state index in [9.17, 15) is 13.2 Å². The van der Waals surface area contributed by atoms with Crippen molar-refractivity contribution in [2.24, 2.45) is 5.84 Å². The highest BCUT2D eigenvalue weighted by Gasteiger charge is 2.33. The van der Waals surface area contributed by atoms with E-state index in [2.05, 4.69) is 20.7 Å². The summed E-state index contributed by atoms with van der Waals surface area (Å²) >= 11 is 0. The van der Waals surface area contributed by atoms with Gasteiger partial charge in [0, 0.05) is 11.9 Å². The third kappa shape index (κ3) is 3.37. The van der Waals surface area contributed by atoms with Crippen LogP contribution in [0.3, 0.4) is 0 Å². The molecule has 0 aliphatic carbocycles. The lowest BCUT2D eigenvalue weighted by Crippen LogP contribution is -2.11. The number of halogens is 3. The maximum atomic E-state index is 12.8. The summed E-state index contributed by atoms with van der Waals surface area (Å²) in [5.41, 5.74) is 0.906. The van der Waals surface area contributed by atoms with Gasteiger partial charge in [-0.15, -0.1) is 0 Å². The lowest BCUT2D eigenvalue weighted by atomic mass is 10.1. The monoisotopic (exact) mass is 294 g/mol. The number of nitrogens with zero attached hydrogens (tertiary/aromatic N) is 3. The van der Waals surface area contributed by atoms with Gasteiger partial charge in [0.1, 0.15) is 5.82 Å². The highest BCUT2D eigenvalue weighted by molar-refractivity contribution is 5.60. The third-order valence-electron chi connectivity index (χ3n) is 2.50. The van der Waals surface area contributed by atoms with Gasteiger partial charge in [-0.25, -0.2) is 10.8 Å². The molecule has 0 saturated heterocycles. The first-order chi connectivity index (χ1) is 9.94. The number of nitrogens with one attached hydrogen (secondary N) is 2. The predicted octanol–water partition coefficient (Wildman–Crippen LogP) is 2.40. The Labute approximate surface area is 117 Å². The fourth-order valence-corrected chi connectivity index (χ4v) is 1.60. The van der Waals surface area contributed by atoms with E-state index in [-0.39, 0.29) is 17.5 Å². The van der Waals surface area contributed by atoms with Gasteiger partial charge < -0.3 is 5.32 Å². The Morgan fingerprint density at radius 3 is 2.62 bits per heavy atom. The van der Waals surface area contributed by atoms with Gasteiger partial charge >= 0.3 is 6.18 Å². The minimum absolute atomic E-state index is 0.115. The van der Waals surface area contributed by atoms with E-state index in [1.54, 1.807) is 0 Å². The number of aromatic nitrogens is 2. The van der Waals surface area contributed by atoms with Crippen LogP contribution < -0.4 is 16.6 Å². The van der Waals surface area contributed by atoms with E-state index in [1.807, 2.05) is 0 Å². The Morgan fingerprint density at radius 2 is 2.00 bits per heavy atom. The summed E-state index contributed by atoms with van der Waals surface area (Å²) in [4.78, 5) is 7.69. The molecule has 0 radical (unpaired) electrons. The topological polar surface area (TPSA) is 99.7 Å². The second-order valence-electron chi connectivity index (χ2n) is 3.90. The van der Waals surface area contributed by atoms with Gasteiger partial charge in [0.2, 0.25) is 5.95 Å². The average molecular weight is 294 g/mol. The molecule has 2 rings (SSSR count). The van der Waals surface area contributed by atoms with Crippen LogP contribution >= 0.6 is 0 Å². The minimum atomic E-state index is -4.61. The first kappa shape index (κ1) is 14.5. The summed E-state index contributed by atoms with van der Waals surface area (Å²) in [5, 5.41) is 11.4. The largest absolute Gasteiger partial charge is 0.417 e. The van der Waals surface area contributed by atoms with E-state index < -0.39 is 17.3 Å². The van der Waals surface area contributed by atoms with Gasteiger partial charge in [0.25, 0.3) is 0 Å². The lowest BCUT2D eigenvalue weighted by molar-refractivity contribution is -0.137. The first-order valence-electron chi connectivity index (χ1n) is 5.62. The molecule has 0 saturated carbocycles. The van der Waals surface area contributed by atoms with Crippen molar-refractivity contribution in [3.63, 3.8) is 0 Å². The Morgan fingerprint density at radius 1 is 1.24 bits per heavy atom. The van der Waals surface area contributed by atoms with Crippen molar-refractivity contribution in [1.82, 2.24) is 9.97 Å². The highest BCUT2D eigenvalue weighted by atomic mass is 19.4. The Hall–Kier alpha value is -2.86. The standard InChI is InChI=1S/C12H9F3N6/c13-12(14,15)9-5-8(2-1-7(9)6-16)19-10-3-4-18-11(20-10)21-17/h1-5H,17H2,(H2,18,19,20,21). The van der Waals surface area contributed by atoms with Gasteiger partial charge in [-0.1, -0.05) is 0 Å². The fourth-order valence-electron chi connectivity index (χ4n) is 1.60. The van der Waals surface area contributed by atoms with Gasteiger partial charge in [0.15, 0.2) is 0 Å². The second kappa shape index (κ2) is 5.64. The van der Waals surface area contributed by atoms with Crippen LogP contribution in [0.1, 0.15) is 11.1 Å². The molecule has 1 heterocycles. The molecule has 1 aromatic carbocycles. The van der Waals surface area contributed by atoms with Crippen LogP contribution in [-0.4, -0.2) is 9.97 Å². The number of hydrogen-bond donors (Lipinski definition) is 3. The minimum Gasteiger partial charge on any atom is -0.340 e. The molecule has 4 N–H and O–H groups in total. The summed E-state index contributed by atoms with van der Waals surface area (Å²) < 4.78 is 38.5. The zero-order chi connectivity index (χ0) is 15.5. The highest BCUT2D eigenvalue weighted by Crippen LogP contribution is 2.34. The summed E-state index contributed by atoms with van der Waals surface area (Å²) in [5.74, 6) is 5.52. The number of alkyl halides is 3. The molecule has 0 aliphatic heterocycles. The van der Waals surface area contributed by atoms with Gasteiger partial charge in [-0.2, -0.15) is 23.4 Å². The Kier molecular flexibility index (Phi) is 3.91. The van der Waals surface area contributed by atoms with Crippen LogP contribution in [0, 0.1) is 11.3 Å². The summed E-state index contributed by atoms with van der Waals surface area (Å²) in [7, 11) is 0. The SMILES string of the molecule is N#Cc1ccc(Nc2ccnc(NN)n2)cc1C(F)(F)F. The molecule has 0 bridgehead atoms. The Balaban J connectivity index is 2.35. The molecular weight excluding hydrogens is 285 g/mol. The number of hydrazine groups is 1. The molecule has 108 valence electrons. The number of nitrogens with two attached hydrogens (primary N) is 1. The van der Waals surface area contributed by atoms with Crippen molar-refractivity contribution in [2.75, 3.05) is 10.7 Å². The van der Waals surface area contributed by atoms with E-state index in [4.69, 9.17) is 11.1 Å². The summed E-state index contributed by atoms with van der Waals surface area (Å²) in [6, 6.07) is 6.26. The van der Waals surface area contributed by atoms with E-state index in [1.165, 1.54) is 24.4 Å². The molecule has 2 aromatic rings. The number of rotatable bonds is 3. The molecule has 6 nitrogen and oxygen atoms in total. The van der Waals surface area contributed by atoms with Crippen molar-refractivity contribution in [2.45, 2.75) is 6.18 Å². The smallest absolute Gasteiger partial charge is 0.340 e. The third-order valence-corrected chi connectivity index (χ3v) is 2.50. The van der Waals surface area contributed by atoms with Gasteiger partial charge in [0.05, 0.1) is 17.2 Å². The fraction of sp³-hybridized carbons (Fsp3) is 0.0833. The summed E-state index contributed by atoms with van der Waals surface area (Å²) in [6.07, 6.45) is -3.22. The number of anilines is 3. The second-order valence-corrected chi connectivity index (χ2v) is 3.90. The normalized spacial score (nSPS) is 10.8. The van der Waals surface area contributed by atoms with Crippen molar-refractivity contribution in [3.8, 4) is 6.07 Å². The van der Waals surface area contributed by atoms with E-state index in [0.717, 1.165) is 12.1 Å². The van der Waals surface area contributed by atoms with Crippen LogP contribution in [0.15, 0.2) is 30.5 Å². The number of nitriles is 1. The van der Waals surface area contributed by atoms with Crippen molar-refractivity contribution < 1.29 is 13.2 Å². The van der Waals surface area contributed by atoms with Gasteiger partial charge in [-0.05, 0) is 24.3 Å². The van der Waals surface area contributed by atoms with Crippen LogP contribution in [0.2, 0.25) is 0 Å². The van der Waals surface area contributed by atoms with E-state index >= 15 is 0 Å². The number of hydrogen-bond acceptors (Lipinski definition) is 6. The van der Waals surface area contributed by atoms with Crippen LogP contribution in [0.4, 0.5) is 30.6 Å². The van der Waals surface area contributed by atoms with Crippen LogP contribution in [0.25, 0.3) is 0 Å². The maximum absolute atomic E-state index is 12.8. The molecule has 0 spiro atoms. The molecule has 9 heteroatoms. The van der Waals surface area contributed by atoms with Crippen molar-refractivity contribution in [1.29, 1.82) is 5.26 Å². The number of nitrogen functional groups attached to an aromatic ring is 1. The van der Waals surface area contributed by atoms with E-state index in [0.29, 0.717) is 0 Å². The van der Waals surface area contributed by atoms with Crippen molar-refractivity contribution in [3.05, 3.63) is 41.6 Å². The molecule has 0 unspecified atom stereocenters. The molecular formula is C12H9F3N6. The average Bonchev–Trinajstić information content (AvgIpc) is 2.46. The first-order valence-corrected chi connectivity index (χ1v) is 5.62. The zero-order valence-corrected chi connectivity index (χ0v) is 10.4.